The van der Waals surface area contributed by atoms with Gasteiger partial charge in [0.15, 0.2) is 5.76 Å². The van der Waals surface area contributed by atoms with Gasteiger partial charge in [-0.2, -0.15) is 0 Å². The maximum Gasteiger partial charge on any atom is 0.290 e. The van der Waals surface area contributed by atoms with Gasteiger partial charge in [0, 0.05) is 16.6 Å². The van der Waals surface area contributed by atoms with Gasteiger partial charge in [-0.15, -0.1) is 0 Å². The van der Waals surface area contributed by atoms with Gasteiger partial charge >= 0.3 is 0 Å². The fourth-order valence-electron chi connectivity index (χ4n) is 3.50. The third kappa shape index (κ3) is 3.40. The highest BCUT2D eigenvalue weighted by atomic mass is 79.9. The minimum Gasteiger partial charge on any atom is -0.503 e. The van der Waals surface area contributed by atoms with E-state index in [2.05, 4.69) is 15.9 Å². The van der Waals surface area contributed by atoms with Crippen LogP contribution in [0.4, 0.5) is 0 Å². The second kappa shape index (κ2) is 7.41. The first-order valence-corrected chi connectivity index (χ1v) is 9.53. The van der Waals surface area contributed by atoms with Crippen LogP contribution in [0.15, 0.2) is 95.2 Å². The molecule has 1 heterocycles. The predicted octanol–water partition coefficient (Wildman–Crippen LogP) is 5.50. The summed E-state index contributed by atoms with van der Waals surface area (Å²) in [6.45, 7) is 0.431. The average Bonchev–Trinajstić information content (AvgIpc) is 2.95. The van der Waals surface area contributed by atoms with E-state index in [4.69, 9.17) is 0 Å². The van der Waals surface area contributed by atoms with Gasteiger partial charge in [0.2, 0.25) is 0 Å². The molecule has 1 amide bonds. The van der Waals surface area contributed by atoms with E-state index in [9.17, 15) is 9.90 Å². The lowest BCUT2D eigenvalue weighted by atomic mass is 9.93. The number of carbonyl (C=O) groups is 1. The van der Waals surface area contributed by atoms with E-state index < -0.39 is 0 Å². The van der Waals surface area contributed by atoms with Crippen molar-refractivity contribution in [3.8, 4) is 0 Å². The van der Waals surface area contributed by atoms with Crippen LogP contribution in [0.5, 0.6) is 0 Å². The molecule has 0 fully saturated rings. The molecule has 0 bridgehead atoms. The number of benzene rings is 3. The Bertz CT molecular complexity index is 982. The molecular formula is C23H18BrNO2. The molecule has 1 aliphatic heterocycles. The zero-order valence-corrected chi connectivity index (χ0v) is 16.1. The van der Waals surface area contributed by atoms with Crippen molar-refractivity contribution >= 4 is 27.4 Å². The van der Waals surface area contributed by atoms with Gasteiger partial charge < -0.3 is 10.0 Å². The van der Waals surface area contributed by atoms with Crippen LogP contribution in [0, 0.1) is 0 Å². The van der Waals surface area contributed by atoms with Crippen LogP contribution in [0.25, 0.3) is 5.57 Å². The van der Waals surface area contributed by atoms with Crippen LogP contribution in [-0.2, 0) is 11.3 Å². The normalized spacial score (nSPS) is 16.9. The number of hydrogen-bond donors (Lipinski definition) is 1. The van der Waals surface area contributed by atoms with Crippen molar-refractivity contribution in [2.75, 3.05) is 0 Å². The smallest absolute Gasteiger partial charge is 0.290 e. The lowest BCUT2D eigenvalue weighted by molar-refractivity contribution is -0.130. The zero-order chi connectivity index (χ0) is 18.8. The molecule has 3 aromatic carbocycles. The molecule has 1 atom stereocenters. The Morgan fingerprint density at radius 1 is 0.852 bits per heavy atom. The summed E-state index contributed by atoms with van der Waals surface area (Å²) in [6.07, 6.45) is 0. The van der Waals surface area contributed by atoms with Gasteiger partial charge in [-0.3, -0.25) is 4.79 Å². The van der Waals surface area contributed by atoms with Gasteiger partial charge in [0.1, 0.15) is 0 Å². The minimum absolute atomic E-state index is 0.176. The van der Waals surface area contributed by atoms with Crippen molar-refractivity contribution in [1.82, 2.24) is 4.90 Å². The Morgan fingerprint density at radius 2 is 1.44 bits per heavy atom. The fraction of sp³-hybridized carbons (Fsp3) is 0.0870. The van der Waals surface area contributed by atoms with Gasteiger partial charge in [-0.05, 0) is 28.8 Å². The summed E-state index contributed by atoms with van der Waals surface area (Å²) in [5.74, 6) is -0.518. The molecule has 0 aromatic heterocycles. The number of rotatable bonds is 4. The molecule has 0 radical (unpaired) electrons. The monoisotopic (exact) mass is 419 g/mol. The van der Waals surface area contributed by atoms with Crippen molar-refractivity contribution in [3.05, 3.63) is 112 Å². The average molecular weight is 420 g/mol. The van der Waals surface area contributed by atoms with E-state index in [1.54, 1.807) is 4.90 Å². The second-order valence-electron chi connectivity index (χ2n) is 6.50. The lowest BCUT2D eigenvalue weighted by Gasteiger charge is -2.27. The number of aliphatic hydroxyl groups is 1. The highest BCUT2D eigenvalue weighted by molar-refractivity contribution is 9.10. The van der Waals surface area contributed by atoms with Crippen LogP contribution >= 0.6 is 15.9 Å². The Labute approximate surface area is 166 Å². The maximum atomic E-state index is 13.0. The van der Waals surface area contributed by atoms with E-state index >= 15 is 0 Å². The van der Waals surface area contributed by atoms with E-state index in [-0.39, 0.29) is 17.7 Å². The van der Waals surface area contributed by atoms with Gasteiger partial charge in [-0.25, -0.2) is 0 Å². The molecule has 3 nitrogen and oxygen atoms in total. The summed E-state index contributed by atoms with van der Waals surface area (Å²) < 4.78 is 0.972. The summed E-state index contributed by atoms with van der Waals surface area (Å²) in [5, 5.41) is 10.7. The fourth-order valence-corrected chi connectivity index (χ4v) is 3.77. The molecule has 1 aliphatic rings. The summed E-state index contributed by atoms with van der Waals surface area (Å²) in [6, 6.07) is 27.0. The van der Waals surface area contributed by atoms with E-state index in [1.807, 2.05) is 84.9 Å². The predicted molar refractivity (Wildman–Crippen MR) is 110 cm³/mol. The van der Waals surface area contributed by atoms with Crippen molar-refractivity contribution in [3.63, 3.8) is 0 Å². The molecule has 0 unspecified atom stereocenters. The van der Waals surface area contributed by atoms with E-state index in [0.29, 0.717) is 12.1 Å². The Balaban J connectivity index is 1.81. The number of hydrogen-bond acceptors (Lipinski definition) is 2. The first kappa shape index (κ1) is 17.6. The standard InChI is InChI=1S/C23H18BrNO2/c24-19-13-11-18(12-14-19)21-20(17-9-5-2-6-10-17)22(26)23(27)25(21)15-16-7-3-1-4-8-16/h1-14,21,26H,15H2/t21-/m1/s1. The van der Waals surface area contributed by atoms with Crippen LogP contribution in [0.3, 0.4) is 0 Å². The second-order valence-corrected chi connectivity index (χ2v) is 7.42. The van der Waals surface area contributed by atoms with Gasteiger partial charge in [0.05, 0.1) is 6.04 Å². The summed E-state index contributed by atoms with van der Waals surface area (Å²) in [7, 11) is 0. The number of aliphatic hydroxyl groups excluding tert-OH is 1. The van der Waals surface area contributed by atoms with Crippen molar-refractivity contribution < 1.29 is 9.90 Å². The molecule has 0 saturated carbocycles. The van der Waals surface area contributed by atoms with Crippen LogP contribution in [-0.4, -0.2) is 15.9 Å². The summed E-state index contributed by atoms with van der Waals surface area (Å²) >= 11 is 3.46. The molecule has 0 spiro atoms. The first-order valence-electron chi connectivity index (χ1n) is 8.74. The third-order valence-corrected chi connectivity index (χ3v) is 5.30. The Kier molecular flexibility index (Phi) is 4.82. The minimum atomic E-state index is -0.342. The number of carbonyl (C=O) groups excluding carboxylic acids is 1. The first-order chi connectivity index (χ1) is 13.1. The Hall–Kier alpha value is -2.85. The number of halogens is 1. The van der Waals surface area contributed by atoms with Crippen molar-refractivity contribution in [1.29, 1.82) is 0 Å². The molecule has 4 heteroatoms. The van der Waals surface area contributed by atoms with E-state index in [1.165, 1.54) is 0 Å². The van der Waals surface area contributed by atoms with E-state index in [0.717, 1.165) is 21.2 Å². The third-order valence-electron chi connectivity index (χ3n) is 4.77. The molecule has 1 N–H and O–H groups in total. The lowest BCUT2D eigenvalue weighted by Crippen LogP contribution is -2.29. The topological polar surface area (TPSA) is 40.5 Å². The van der Waals surface area contributed by atoms with Crippen molar-refractivity contribution in [2.24, 2.45) is 0 Å². The van der Waals surface area contributed by atoms with Gasteiger partial charge in [-0.1, -0.05) is 88.7 Å². The van der Waals surface area contributed by atoms with Crippen LogP contribution in [0.2, 0.25) is 0 Å². The molecule has 134 valence electrons. The molecule has 0 aliphatic carbocycles. The Morgan fingerprint density at radius 3 is 2.07 bits per heavy atom. The largest absolute Gasteiger partial charge is 0.503 e. The van der Waals surface area contributed by atoms with Crippen LogP contribution < -0.4 is 0 Å². The molecule has 0 saturated heterocycles. The van der Waals surface area contributed by atoms with Gasteiger partial charge in [0.25, 0.3) is 5.91 Å². The highest BCUT2D eigenvalue weighted by Gasteiger charge is 2.40. The molecular weight excluding hydrogens is 402 g/mol. The number of amides is 1. The van der Waals surface area contributed by atoms with Crippen LogP contribution in [0.1, 0.15) is 22.7 Å². The maximum absolute atomic E-state index is 13.0. The van der Waals surface area contributed by atoms with Crippen molar-refractivity contribution in [2.45, 2.75) is 12.6 Å². The summed E-state index contributed by atoms with van der Waals surface area (Å²) in [5.41, 5.74) is 3.49. The molecule has 4 rings (SSSR count). The molecule has 27 heavy (non-hydrogen) atoms. The zero-order valence-electron chi connectivity index (χ0n) is 14.5. The quantitative estimate of drug-likeness (QED) is 0.606. The number of nitrogens with zero attached hydrogens (tertiary/aromatic N) is 1. The summed E-state index contributed by atoms with van der Waals surface area (Å²) in [4.78, 5) is 14.7. The highest BCUT2D eigenvalue weighted by Crippen LogP contribution is 2.43. The SMILES string of the molecule is O=C1C(O)=C(c2ccccc2)[C@@H](c2ccc(Br)cc2)N1Cc1ccccc1. The molecule has 3 aromatic rings.